The second-order valence-corrected chi connectivity index (χ2v) is 15.8. The van der Waals surface area contributed by atoms with E-state index >= 15 is 0 Å². The van der Waals surface area contributed by atoms with E-state index in [-0.39, 0.29) is 0 Å². The Morgan fingerprint density at radius 3 is 1.81 bits per heavy atom. The summed E-state index contributed by atoms with van der Waals surface area (Å²) in [6.45, 7) is 0. The summed E-state index contributed by atoms with van der Waals surface area (Å²) >= 11 is 3.62. The van der Waals surface area contributed by atoms with Gasteiger partial charge in [0.25, 0.3) is 0 Å². The van der Waals surface area contributed by atoms with E-state index in [0.29, 0.717) is 5.95 Å². The number of rotatable bonds is 3. The van der Waals surface area contributed by atoms with Gasteiger partial charge in [0.1, 0.15) is 4.83 Å². The van der Waals surface area contributed by atoms with Crippen LogP contribution in [-0.4, -0.2) is 14.5 Å². The highest BCUT2D eigenvalue weighted by molar-refractivity contribution is 7.27. The van der Waals surface area contributed by atoms with Crippen molar-refractivity contribution in [1.29, 1.82) is 0 Å². The lowest BCUT2D eigenvalue weighted by Crippen LogP contribution is -2.03. The molecule has 3 nitrogen and oxygen atoms in total. The van der Waals surface area contributed by atoms with Crippen LogP contribution in [0.4, 0.5) is 0 Å². The summed E-state index contributed by atoms with van der Waals surface area (Å²) in [5.74, 6) is 0.691. The molecule has 0 atom stereocenters. The maximum atomic E-state index is 5.62. The molecule has 0 amide bonds. The van der Waals surface area contributed by atoms with E-state index in [4.69, 9.17) is 9.97 Å². The number of hydrogen-bond acceptors (Lipinski definition) is 4. The van der Waals surface area contributed by atoms with Crippen LogP contribution in [-0.2, 0) is 0 Å². The summed E-state index contributed by atoms with van der Waals surface area (Å²) in [4.78, 5) is 12.1. The van der Waals surface area contributed by atoms with Crippen LogP contribution in [0.3, 0.4) is 0 Å². The first-order valence-corrected chi connectivity index (χ1v) is 19.5. The van der Waals surface area contributed by atoms with Gasteiger partial charge in [-0.1, -0.05) is 133 Å². The van der Waals surface area contributed by atoms with Gasteiger partial charge < -0.3 is 0 Å². The topological polar surface area (TPSA) is 30.7 Å². The Morgan fingerprint density at radius 1 is 0.415 bits per heavy atom. The highest BCUT2D eigenvalue weighted by Gasteiger charge is 2.24. The first-order valence-electron chi connectivity index (χ1n) is 17.8. The van der Waals surface area contributed by atoms with E-state index < -0.39 is 0 Å². The zero-order valence-electron chi connectivity index (χ0n) is 28.2. The molecule has 12 aromatic rings. The molecule has 8 aromatic carbocycles. The second-order valence-electron chi connectivity index (χ2n) is 13.7. The molecule has 0 bridgehead atoms. The first kappa shape index (κ1) is 29.2. The fraction of sp³-hybridized carbons (Fsp3) is 0. The molecule has 0 unspecified atom stereocenters. The summed E-state index contributed by atoms with van der Waals surface area (Å²) in [6.07, 6.45) is 0. The molecule has 0 aliphatic rings. The molecular weight excluding hydrogens is 683 g/mol. The first-order chi connectivity index (χ1) is 26.3. The minimum atomic E-state index is 0.691. The largest absolute Gasteiger partial charge is 0.277 e. The van der Waals surface area contributed by atoms with Crippen molar-refractivity contribution in [2.45, 2.75) is 0 Å². The van der Waals surface area contributed by atoms with Crippen molar-refractivity contribution >= 4 is 106 Å². The molecule has 12 rings (SSSR count). The maximum absolute atomic E-state index is 5.62. The van der Waals surface area contributed by atoms with E-state index in [1.807, 2.05) is 11.3 Å². The number of hydrogen-bond donors (Lipinski definition) is 0. The number of thiophene rings is 2. The van der Waals surface area contributed by atoms with Crippen molar-refractivity contribution in [3.05, 3.63) is 164 Å². The second kappa shape index (κ2) is 11.1. The smallest absolute Gasteiger partial charge is 0.236 e. The van der Waals surface area contributed by atoms with E-state index in [1.54, 1.807) is 11.3 Å². The third-order valence-electron chi connectivity index (χ3n) is 10.8. The van der Waals surface area contributed by atoms with Crippen molar-refractivity contribution in [2.24, 2.45) is 0 Å². The zero-order valence-corrected chi connectivity index (χ0v) is 29.9. The lowest BCUT2D eigenvalue weighted by atomic mass is 9.98. The van der Waals surface area contributed by atoms with Crippen LogP contribution >= 0.6 is 22.7 Å². The fourth-order valence-corrected chi connectivity index (χ4v) is 10.8. The highest BCUT2D eigenvalue weighted by atomic mass is 32.1. The lowest BCUT2D eigenvalue weighted by molar-refractivity contribution is 1.02. The quantitative estimate of drug-likeness (QED) is 0.183. The van der Waals surface area contributed by atoms with Crippen LogP contribution < -0.4 is 0 Å². The molecule has 53 heavy (non-hydrogen) atoms. The summed E-state index contributed by atoms with van der Waals surface area (Å²) in [5.41, 5.74) is 6.74. The SMILES string of the molecule is c1ccc(-c2ccc3cc(-c4nc(-n5c6ccccc6c6c7ccccc7c7sc8ccccc8c7c65)nc5sc6ccccc6c45)ccc3c2)cc1. The van der Waals surface area contributed by atoms with Crippen LogP contribution in [0.1, 0.15) is 0 Å². The van der Waals surface area contributed by atoms with E-state index in [9.17, 15) is 0 Å². The van der Waals surface area contributed by atoms with E-state index in [2.05, 4.69) is 168 Å². The van der Waals surface area contributed by atoms with Crippen molar-refractivity contribution in [3.63, 3.8) is 0 Å². The molecule has 246 valence electrons. The summed E-state index contributed by atoms with van der Waals surface area (Å²) in [7, 11) is 0. The van der Waals surface area contributed by atoms with Gasteiger partial charge in [0.15, 0.2) is 0 Å². The van der Waals surface area contributed by atoms with Gasteiger partial charge in [-0.15, -0.1) is 22.7 Å². The molecule has 0 radical (unpaired) electrons. The van der Waals surface area contributed by atoms with Crippen LogP contribution in [0.2, 0.25) is 0 Å². The monoisotopic (exact) mass is 709 g/mol. The molecule has 5 heteroatoms. The lowest BCUT2D eigenvalue weighted by Gasteiger charge is -2.12. The van der Waals surface area contributed by atoms with Crippen LogP contribution in [0.5, 0.6) is 0 Å². The Balaban J connectivity index is 1.20. The van der Waals surface area contributed by atoms with Crippen LogP contribution in [0.15, 0.2) is 164 Å². The molecule has 0 N–H and O–H groups in total. The Kier molecular flexibility index (Phi) is 6.09. The third-order valence-corrected chi connectivity index (χ3v) is 13.1. The van der Waals surface area contributed by atoms with Gasteiger partial charge >= 0.3 is 0 Å². The molecular formula is C48H27N3S2. The minimum Gasteiger partial charge on any atom is -0.277 e. The highest BCUT2D eigenvalue weighted by Crippen LogP contribution is 2.48. The van der Waals surface area contributed by atoms with Crippen molar-refractivity contribution in [1.82, 2.24) is 14.5 Å². The number of nitrogens with zero attached hydrogens (tertiary/aromatic N) is 3. The van der Waals surface area contributed by atoms with Crippen molar-refractivity contribution in [2.75, 3.05) is 0 Å². The number of benzene rings is 8. The number of aromatic nitrogens is 3. The molecule has 0 spiro atoms. The van der Waals surface area contributed by atoms with E-state index in [1.165, 1.54) is 73.7 Å². The van der Waals surface area contributed by atoms with Crippen molar-refractivity contribution < 1.29 is 0 Å². The normalized spacial score (nSPS) is 12.2. The summed E-state index contributed by atoms with van der Waals surface area (Å²) < 4.78 is 6.14. The van der Waals surface area contributed by atoms with Crippen LogP contribution in [0.25, 0.3) is 112 Å². The maximum Gasteiger partial charge on any atom is 0.236 e. The van der Waals surface area contributed by atoms with Crippen molar-refractivity contribution in [3.8, 4) is 28.3 Å². The van der Waals surface area contributed by atoms with Gasteiger partial charge in [0.2, 0.25) is 5.95 Å². The average molecular weight is 710 g/mol. The van der Waals surface area contributed by atoms with Gasteiger partial charge in [-0.3, -0.25) is 4.57 Å². The number of fused-ring (bicyclic) bond motifs is 14. The molecule has 0 aliphatic carbocycles. The van der Waals surface area contributed by atoms with E-state index in [0.717, 1.165) is 32.5 Å². The Hall–Kier alpha value is -6.40. The molecule has 0 aliphatic heterocycles. The molecule has 0 fully saturated rings. The molecule has 4 aromatic heterocycles. The average Bonchev–Trinajstić information content (AvgIpc) is 3.90. The van der Waals surface area contributed by atoms with Gasteiger partial charge in [0.05, 0.1) is 16.7 Å². The van der Waals surface area contributed by atoms with Crippen LogP contribution in [0, 0.1) is 0 Å². The standard InChI is InChI=1S/C48H27N3S2/c1-2-12-28(13-3-1)29-22-23-31-27-32(25-24-30(31)26-29)44-42-36-17-7-11-21-40(36)53-47(42)50-48(49-44)51-38-19-9-6-16-35(38)41-33-14-4-5-15-34(33)46-43(45(41)51)37-18-8-10-20-39(37)52-46/h1-27H. The Labute approximate surface area is 311 Å². The third kappa shape index (κ3) is 4.20. The Morgan fingerprint density at radius 2 is 1.02 bits per heavy atom. The zero-order chi connectivity index (χ0) is 34.6. The number of para-hydroxylation sites is 1. The van der Waals surface area contributed by atoms with Gasteiger partial charge in [-0.2, -0.15) is 0 Å². The fourth-order valence-electron chi connectivity index (χ4n) is 8.45. The summed E-state index contributed by atoms with van der Waals surface area (Å²) in [6, 6.07) is 59.2. The molecule has 0 saturated heterocycles. The van der Waals surface area contributed by atoms with Gasteiger partial charge in [-0.05, 0) is 57.6 Å². The summed E-state index contributed by atoms with van der Waals surface area (Å²) in [5, 5.41) is 12.2. The Bertz CT molecular complexity index is 3460. The molecule has 4 heterocycles. The predicted octanol–water partition coefficient (Wildman–Crippen LogP) is 13.9. The molecule has 0 saturated carbocycles. The van der Waals surface area contributed by atoms with Gasteiger partial charge in [-0.25, -0.2) is 9.97 Å². The predicted molar refractivity (Wildman–Crippen MR) is 228 cm³/mol. The minimum absolute atomic E-state index is 0.691. The van der Waals surface area contributed by atoms with Gasteiger partial charge in [0, 0.05) is 57.4 Å².